The fourth-order valence-electron chi connectivity index (χ4n) is 2.85. The van der Waals surface area contributed by atoms with Gasteiger partial charge < -0.3 is 5.32 Å². The van der Waals surface area contributed by atoms with Gasteiger partial charge in [-0.05, 0) is 12.8 Å². The van der Waals surface area contributed by atoms with Crippen molar-refractivity contribution >= 4 is 26.9 Å². The van der Waals surface area contributed by atoms with Crippen LogP contribution >= 0.6 is 0 Å². The van der Waals surface area contributed by atoms with E-state index < -0.39 is 10.0 Å². The number of hydrogen-bond acceptors (Lipinski definition) is 7. The summed E-state index contributed by atoms with van der Waals surface area (Å²) < 4.78 is 26.3. The first-order chi connectivity index (χ1) is 11.5. The van der Waals surface area contributed by atoms with Gasteiger partial charge >= 0.3 is 0 Å². The first kappa shape index (κ1) is 16.6. The van der Waals surface area contributed by atoms with Gasteiger partial charge in [0.2, 0.25) is 10.0 Å². The van der Waals surface area contributed by atoms with Gasteiger partial charge in [0.25, 0.3) is 0 Å². The largest absolute Gasteiger partial charge is 0.367 e. The molecule has 0 bridgehead atoms. The zero-order valence-corrected chi connectivity index (χ0v) is 14.2. The minimum absolute atomic E-state index is 0.156. The molecule has 0 spiro atoms. The van der Waals surface area contributed by atoms with Gasteiger partial charge in [0.1, 0.15) is 12.1 Å². The molecule has 24 heavy (non-hydrogen) atoms. The van der Waals surface area contributed by atoms with E-state index in [0.717, 1.165) is 18.2 Å². The Morgan fingerprint density at radius 3 is 2.79 bits per heavy atom. The van der Waals surface area contributed by atoms with E-state index in [1.54, 1.807) is 10.9 Å². The molecule has 3 rings (SSSR count). The van der Waals surface area contributed by atoms with Crippen LogP contribution in [0, 0.1) is 11.3 Å². The van der Waals surface area contributed by atoms with Crippen molar-refractivity contribution in [1.82, 2.24) is 24.1 Å². The SMILES string of the molecule is CS(=O)(=O)N1CCC(Nc2ncnc3c2cnn3CCC#N)CC1. The minimum atomic E-state index is -3.12. The molecular weight excluding hydrogens is 330 g/mol. The number of aromatic nitrogens is 4. The highest BCUT2D eigenvalue weighted by molar-refractivity contribution is 7.88. The normalized spacial score (nSPS) is 17.0. The molecule has 128 valence electrons. The maximum absolute atomic E-state index is 11.6. The molecular formula is C14H19N7O2S. The van der Waals surface area contributed by atoms with E-state index >= 15 is 0 Å². The molecule has 3 heterocycles. The number of nitrogens with one attached hydrogen (secondary N) is 1. The van der Waals surface area contributed by atoms with Crippen molar-refractivity contribution in [2.75, 3.05) is 24.7 Å². The molecule has 1 fully saturated rings. The molecule has 0 aliphatic carbocycles. The third-order valence-corrected chi connectivity index (χ3v) is 5.44. The van der Waals surface area contributed by atoms with Crippen LogP contribution in [0.1, 0.15) is 19.3 Å². The third kappa shape index (κ3) is 3.47. The average Bonchev–Trinajstić information content (AvgIpc) is 2.97. The van der Waals surface area contributed by atoms with Gasteiger partial charge in [-0.25, -0.2) is 27.4 Å². The highest BCUT2D eigenvalue weighted by atomic mass is 32.2. The zero-order valence-electron chi connectivity index (χ0n) is 13.4. The lowest BCUT2D eigenvalue weighted by molar-refractivity contribution is 0.331. The fourth-order valence-corrected chi connectivity index (χ4v) is 3.73. The summed E-state index contributed by atoms with van der Waals surface area (Å²) in [4.78, 5) is 8.53. The molecule has 9 nitrogen and oxygen atoms in total. The summed E-state index contributed by atoms with van der Waals surface area (Å²) in [6.45, 7) is 1.50. The van der Waals surface area contributed by atoms with Gasteiger partial charge in [0.15, 0.2) is 5.65 Å². The van der Waals surface area contributed by atoms with Crippen LogP contribution in [0.15, 0.2) is 12.5 Å². The van der Waals surface area contributed by atoms with Gasteiger partial charge in [0.05, 0.1) is 36.9 Å². The van der Waals surface area contributed by atoms with Crippen LogP contribution in [-0.2, 0) is 16.6 Å². The Balaban J connectivity index is 1.72. The van der Waals surface area contributed by atoms with Crippen LogP contribution in [0.5, 0.6) is 0 Å². The maximum Gasteiger partial charge on any atom is 0.211 e. The number of nitrogens with zero attached hydrogens (tertiary/aromatic N) is 6. The number of anilines is 1. The van der Waals surface area contributed by atoms with Crippen LogP contribution < -0.4 is 5.32 Å². The van der Waals surface area contributed by atoms with E-state index in [1.807, 2.05) is 0 Å². The van der Waals surface area contributed by atoms with Crippen molar-refractivity contribution < 1.29 is 8.42 Å². The van der Waals surface area contributed by atoms with Crippen molar-refractivity contribution in [2.24, 2.45) is 0 Å². The standard InChI is InChI=1S/C14H19N7O2S/c1-24(22,23)20-7-3-11(4-8-20)19-13-12-9-18-21(6-2-5-15)14(12)17-10-16-13/h9-11H,2-4,6-8H2,1H3,(H,16,17,19). The lowest BCUT2D eigenvalue weighted by Crippen LogP contribution is -2.41. The molecule has 2 aromatic heterocycles. The van der Waals surface area contributed by atoms with Gasteiger partial charge in [-0.15, -0.1) is 0 Å². The Bertz CT molecular complexity index is 863. The highest BCUT2D eigenvalue weighted by Gasteiger charge is 2.25. The summed E-state index contributed by atoms with van der Waals surface area (Å²) in [6.07, 6.45) is 6.22. The van der Waals surface area contributed by atoms with E-state index in [-0.39, 0.29) is 6.04 Å². The highest BCUT2D eigenvalue weighted by Crippen LogP contribution is 2.22. The Morgan fingerprint density at radius 1 is 1.38 bits per heavy atom. The van der Waals surface area contributed by atoms with Gasteiger partial charge in [0, 0.05) is 19.1 Å². The van der Waals surface area contributed by atoms with Gasteiger partial charge in [-0.2, -0.15) is 10.4 Å². The summed E-state index contributed by atoms with van der Waals surface area (Å²) in [7, 11) is -3.12. The Labute approximate surface area is 140 Å². The summed E-state index contributed by atoms with van der Waals surface area (Å²) in [5.74, 6) is 0.695. The molecule has 0 unspecified atom stereocenters. The molecule has 1 aliphatic heterocycles. The number of aryl methyl sites for hydroxylation is 1. The van der Waals surface area contributed by atoms with Crippen molar-refractivity contribution in [3.8, 4) is 6.07 Å². The van der Waals surface area contributed by atoms with E-state index in [0.29, 0.717) is 37.5 Å². The summed E-state index contributed by atoms with van der Waals surface area (Å²) >= 11 is 0. The Kier molecular flexibility index (Phi) is 4.64. The minimum Gasteiger partial charge on any atom is -0.367 e. The molecule has 2 aromatic rings. The second-order valence-electron chi connectivity index (χ2n) is 5.82. The van der Waals surface area contributed by atoms with Crippen LogP contribution in [-0.4, -0.2) is 57.9 Å². The molecule has 10 heteroatoms. The van der Waals surface area contributed by atoms with Crippen molar-refractivity contribution in [3.63, 3.8) is 0 Å². The van der Waals surface area contributed by atoms with E-state index in [4.69, 9.17) is 5.26 Å². The van der Waals surface area contributed by atoms with Crippen LogP contribution in [0.3, 0.4) is 0 Å². The number of nitriles is 1. The number of piperidine rings is 1. The molecule has 1 aliphatic rings. The monoisotopic (exact) mass is 349 g/mol. The summed E-state index contributed by atoms with van der Waals surface area (Å²) in [5, 5.41) is 17.2. The quantitative estimate of drug-likeness (QED) is 0.839. The zero-order chi connectivity index (χ0) is 17.2. The van der Waals surface area contributed by atoms with E-state index in [9.17, 15) is 8.42 Å². The van der Waals surface area contributed by atoms with Crippen LogP contribution in [0.25, 0.3) is 11.0 Å². The predicted molar refractivity (Wildman–Crippen MR) is 88.6 cm³/mol. The number of sulfonamides is 1. The van der Waals surface area contributed by atoms with E-state index in [2.05, 4.69) is 26.5 Å². The average molecular weight is 349 g/mol. The Morgan fingerprint density at radius 2 is 2.12 bits per heavy atom. The lowest BCUT2D eigenvalue weighted by atomic mass is 10.1. The fraction of sp³-hybridized carbons (Fsp3) is 0.571. The van der Waals surface area contributed by atoms with E-state index in [1.165, 1.54) is 16.9 Å². The van der Waals surface area contributed by atoms with Crippen molar-refractivity contribution in [3.05, 3.63) is 12.5 Å². The molecule has 0 atom stereocenters. The second kappa shape index (κ2) is 6.70. The Hall–Kier alpha value is -2.25. The van der Waals surface area contributed by atoms with Crippen LogP contribution in [0.2, 0.25) is 0 Å². The second-order valence-corrected chi connectivity index (χ2v) is 7.80. The number of hydrogen-bond donors (Lipinski definition) is 1. The smallest absolute Gasteiger partial charge is 0.211 e. The first-order valence-electron chi connectivity index (χ1n) is 7.74. The summed E-state index contributed by atoms with van der Waals surface area (Å²) in [6, 6.07) is 2.25. The molecule has 0 aromatic carbocycles. The molecule has 0 radical (unpaired) electrons. The first-order valence-corrected chi connectivity index (χ1v) is 9.59. The predicted octanol–water partition coefficient (Wildman–Crippen LogP) is 0.576. The van der Waals surface area contributed by atoms with Crippen molar-refractivity contribution in [2.45, 2.75) is 31.8 Å². The third-order valence-electron chi connectivity index (χ3n) is 4.13. The summed E-state index contributed by atoms with van der Waals surface area (Å²) in [5.41, 5.74) is 0.691. The van der Waals surface area contributed by atoms with Gasteiger partial charge in [-0.1, -0.05) is 0 Å². The number of fused-ring (bicyclic) bond motifs is 1. The van der Waals surface area contributed by atoms with Crippen LogP contribution in [0.4, 0.5) is 5.82 Å². The van der Waals surface area contributed by atoms with Gasteiger partial charge in [-0.3, -0.25) is 0 Å². The lowest BCUT2D eigenvalue weighted by Gasteiger charge is -2.30. The molecule has 1 saturated heterocycles. The molecule has 1 N–H and O–H groups in total. The van der Waals surface area contributed by atoms with Crippen molar-refractivity contribution in [1.29, 1.82) is 5.26 Å². The maximum atomic E-state index is 11.6. The molecule has 0 saturated carbocycles. The topological polar surface area (TPSA) is 117 Å². The number of rotatable bonds is 5. The molecule has 0 amide bonds.